The van der Waals surface area contributed by atoms with Crippen molar-refractivity contribution in [1.82, 2.24) is 10.2 Å². The zero-order valence-corrected chi connectivity index (χ0v) is 24.4. The zero-order chi connectivity index (χ0) is 29.5. The molecule has 0 aliphatic rings. The summed E-state index contributed by atoms with van der Waals surface area (Å²) in [5, 5.41) is 3.42. The van der Waals surface area contributed by atoms with E-state index in [2.05, 4.69) is 5.32 Å². The van der Waals surface area contributed by atoms with Crippen LogP contribution in [0.15, 0.2) is 42.5 Å². The van der Waals surface area contributed by atoms with Gasteiger partial charge in [-0.1, -0.05) is 42.3 Å². The Morgan fingerprint density at radius 3 is 2.26 bits per heavy atom. The minimum absolute atomic E-state index is 0.00224. The van der Waals surface area contributed by atoms with Gasteiger partial charge < -0.3 is 10.2 Å². The second kappa shape index (κ2) is 13.7. The quantitative estimate of drug-likeness (QED) is 0.325. The molecule has 13 heteroatoms. The molecule has 0 aliphatic heterocycles. The lowest BCUT2D eigenvalue weighted by Crippen LogP contribution is -2.50. The van der Waals surface area contributed by atoms with E-state index in [1.165, 1.54) is 11.0 Å². The first-order valence-electron chi connectivity index (χ1n) is 12.2. The van der Waals surface area contributed by atoms with Crippen LogP contribution in [0.2, 0.25) is 10.0 Å². The summed E-state index contributed by atoms with van der Waals surface area (Å²) < 4.78 is 65.2. The van der Waals surface area contributed by atoms with Gasteiger partial charge in [-0.15, -0.1) is 0 Å². The molecule has 39 heavy (non-hydrogen) atoms. The van der Waals surface area contributed by atoms with Crippen LogP contribution in [-0.4, -0.2) is 50.0 Å². The Morgan fingerprint density at radius 2 is 1.72 bits per heavy atom. The number of hydrogen-bond donors (Lipinski definition) is 1. The molecule has 0 spiro atoms. The number of carbonyl (C=O) groups excluding carboxylic acids is 2. The van der Waals surface area contributed by atoms with Gasteiger partial charge in [0.25, 0.3) is 0 Å². The van der Waals surface area contributed by atoms with Crippen LogP contribution >= 0.6 is 23.2 Å². The lowest BCUT2D eigenvalue weighted by atomic mass is 10.1. The average Bonchev–Trinajstić information content (AvgIpc) is 2.82. The highest BCUT2D eigenvalue weighted by Gasteiger charge is 2.32. The molecule has 2 amide bonds. The van der Waals surface area contributed by atoms with Crippen molar-refractivity contribution in [2.24, 2.45) is 0 Å². The third-order valence-corrected chi connectivity index (χ3v) is 7.70. The van der Waals surface area contributed by atoms with Gasteiger partial charge in [-0.2, -0.15) is 13.2 Å². The predicted octanol–water partition coefficient (Wildman–Crippen LogP) is 5.89. The van der Waals surface area contributed by atoms with Crippen molar-refractivity contribution in [2.75, 3.05) is 17.1 Å². The number of anilines is 1. The lowest BCUT2D eigenvalue weighted by molar-refractivity contribution is -0.141. The van der Waals surface area contributed by atoms with E-state index in [0.29, 0.717) is 17.0 Å². The number of benzene rings is 2. The SMILES string of the molecule is CCC(C(=O)NC(C)C)N(Cc1ccc(Cl)c(Cl)c1)C(=O)CCCN(c1cccc(C(F)(F)F)c1)S(C)(=O)=O. The number of hydrogen-bond acceptors (Lipinski definition) is 4. The van der Waals surface area contributed by atoms with Gasteiger partial charge in [0.1, 0.15) is 6.04 Å². The molecule has 0 saturated carbocycles. The van der Waals surface area contributed by atoms with Gasteiger partial charge in [-0.25, -0.2) is 8.42 Å². The number of carbonyl (C=O) groups is 2. The number of sulfonamides is 1. The number of nitrogens with one attached hydrogen (secondary N) is 1. The topological polar surface area (TPSA) is 86.8 Å². The summed E-state index contributed by atoms with van der Waals surface area (Å²) in [6, 6.07) is 7.86. The fourth-order valence-electron chi connectivity index (χ4n) is 3.98. The Kier molecular flexibility index (Phi) is 11.5. The van der Waals surface area contributed by atoms with Crippen molar-refractivity contribution in [3.63, 3.8) is 0 Å². The van der Waals surface area contributed by atoms with Gasteiger partial charge in [0.2, 0.25) is 21.8 Å². The first kappa shape index (κ1) is 32.7. The van der Waals surface area contributed by atoms with E-state index < -0.39 is 33.7 Å². The highest BCUT2D eigenvalue weighted by Crippen LogP contribution is 2.32. The summed E-state index contributed by atoms with van der Waals surface area (Å²) in [5.41, 5.74) is -0.509. The Balaban J connectivity index is 2.28. The van der Waals surface area contributed by atoms with Crippen LogP contribution in [0.4, 0.5) is 18.9 Å². The molecule has 2 aromatic carbocycles. The molecule has 0 bridgehead atoms. The van der Waals surface area contributed by atoms with Crippen molar-refractivity contribution in [2.45, 2.75) is 64.8 Å². The van der Waals surface area contributed by atoms with E-state index >= 15 is 0 Å². The van der Waals surface area contributed by atoms with Gasteiger partial charge in [0, 0.05) is 25.6 Å². The fraction of sp³-hybridized carbons (Fsp3) is 0.462. The molecule has 0 fully saturated rings. The minimum atomic E-state index is -4.65. The van der Waals surface area contributed by atoms with E-state index in [1.54, 1.807) is 39.0 Å². The Morgan fingerprint density at radius 1 is 1.05 bits per heavy atom. The summed E-state index contributed by atoms with van der Waals surface area (Å²) >= 11 is 12.1. The van der Waals surface area contributed by atoms with Crippen LogP contribution in [0, 0.1) is 0 Å². The number of alkyl halides is 3. The molecule has 0 aliphatic carbocycles. The Labute approximate surface area is 237 Å². The highest BCUT2D eigenvalue weighted by atomic mass is 35.5. The summed E-state index contributed by atoms with van der Waals surface area (Å²) in [6.07, 6.45) is -3.60. The van der Waals surface area contributed by atoms with Gasteiger partial charge in [0.05, 0.1) is 27.6 Å². The minimum Gasteiger partial charge on any atom is -0.352 e. The second-order valence-corrected chi connectivity index (χ2v) is 12.1. The zero-order valence-electron chi connectivity index (χ0n) is 22.1. The molecule has 0 saturated heterocycles. The second-order valence-electron chi connectivity index (χ2n) is 9.34. The molecular weight excluding hydrogens is 578 g/mol. The maximum Gasteiger partial charge on any atom is 0.416 e. The van der Waals surface area contributed by atoms with Crippen LogP contribution in [0.5, 0.6) is 0 Å². The van der Waals surface area contributed by atoms with Crippen LogP contribution in [0.3, 0.4) is 0 Å². The van der Waals surface area contributed by atoms with Gasteiger partial charge in [-0.05, 0) is 62.6 Å². The van der Waals surface area contributed by atoms with E-state index in [9.17, 15) is 31.2 Å². The molecule has 7 nitrogen and oxygen atoms in total. The molecule has 0 heterocycles. The first-order chi connectivity index (χ1) is 18.0. The molecule has 2 aromatic rings. The normalized spacial score (nSPS) is 12.8. The molecule has 1 unspecified atom stereocenters. The fourth-order valence-corrected chi connectivity index (χ4v) is 5.25. The number of amides is 2. The number of rotatable bonds is 12. The molecule has 216 valence electrons. The van der Waals surface area contributed by atoms with Gasteiger partial charge >= 0.3 is 6.18 Å². The first-order valence-corrected chi connectivity index (χ1v) is 14.8. The van der Waals surface area contributed by atoms with E-state index in [4.69, 9.17) is 23.2 Å². The summed E-state index contributed by atoms with van der Waals surface area (Å²) in [7, 11) is -3.95. The van der Waals surface area contributed by atoms with Gasteiger partial charge in [0.15, 0.2) is 0 Å². The van der Waals surface area contributed by atoms with Crippen molar-refractivity contribution in [3.05, 3.63) is 63.6 Å². The van der Waals surface area contributed by atoms with Crippen LogP contribution < -0.4 is 9.62 Å². The summed E-state index contributed by atoms with van der Waals surface area (Å²) in [6.45, 7) is 5.16. The maximum atomic E-state index is 13.4. The highest BCUT2D eigenvalue weighted by molar-refractivity contribution is 7.92. The molecular formula is C26H32Cl2F3N3O4S. The van der Waals surface area contributed by atoms with Crippen LogP contribution in [0.25, 0.3) is 0 Å². The third kappa shape index (κ3) is 9.58. The molecule has 1 atom stereocenters. The number of halogens is 5. The van der Waals surface area contributed by atoms with E-state index in [-0.39, 0.29) is 48.6 Å². The molecule has 0 aromatic heterocycles. The number of nitrogens with zero attached hydrogens (tertiary/aromatic N) is 2. The predicted molar refractivity (Wildman–Crippen MR) is 147 cm³/mol. The van der Waals surface area contributed by atoms with Crippen molar-refractivity contribution >= 4 is 50.7 Å². The smallest absolute Gasteiger partial charge is 0.352 e. The summed E-state index contributed by atoms with van der Waals surface area (Å²) in [5.74, 6) is -0.771. The third-order valence-electron chi connectivity index (χ3n) is 5.77. The Bertz CT molecular complexity index is 1270. The monoisotopic (exact) mass is 609 g/mol. The standard InChI is InChI=1S/C26H32Cl2F3N3O4S/c1-5-23(25(36)32-17(2)3)33(16-18-11-12-21(27)22(28)14-18)24(35)10-7-13-34(39(4,37)38)20-9-6-8-19(15-20)26(29,30)31/h6,8-9,11-12,14-15,17,23H,5,7,10,13,16H2,1-4H3,(H,32,36). The Hall–Kier alpha value is -2.50. The largest absolute Gasteiger partial charge is 0.416 e. The maximum absolute atomic E-state index is 13.4. The van der Waals surface area contributed by atoms with Crippen LogP contribution in [-0.2, 0) is 32.3 Å². The molecule has 1 N–H and O–H groups in total. The van der Waals surface area contributed by atoms with Crippen LogP contribution in [0.1, 0.15) is 51.2 Å². The molecule has 0 radical (unpaired) electrons. The van der Waals surface area contributed by atoms with E-state index in [1.807, 2.05) is 0 Å². The lowest BCUT2D eigenvalue weighted by Gasteiger charge is -2.31. The summed E-state index contributed by atoms with van der Waals surface area (Å²) in [4.78, 5) is 27.7. The van der Waals surface area contributed by atoms with Crippen molar-refractivity contribution in [3.8, 4) is 0 Å². The average molecular weight is 611 g/mol. The van der Waals surface area contributed by atoms with Crippen molar-refractivity contribution in [1.29, 1.82) is 0 Å². The van der Waals surface area contributed by atoms with Gasteiger partial charge in [-0.3, -0.25) is 13.9 Å². The van der Waals surface area contributed by atoms with Crippen molar-refractivity contribution < 1.29 is 31.2 Å². The van der Waals surface area contributed by atoms with E-state index in [0.717, 1.165) is 28.8 Å². The molecule has 2 rings (SSSR count).